The van der Waals surface area contributed by atoms with Crippen molar-refractivity contribution in [1.82, 2.24) is 4.98 Å². The number of ether oxygens (including phenoxy) is 1. The molecule has 0 saturated carbocycles. The number of nitrogens with two attached hydrogens (primary N) is 1. The molecule has 150 valence electrons. The maximum absolute atomic E-state index is 14.0. The fourth-order valence-electron chi connectivity index (χ4n) is 2.41. The molecule has 6 nitrogen and oxygen atoms in total. The number of anilines is 1. The first-order valence-corrected chi connectivity index (χ1v) is 9.39. The van der Waals surface area contributed by atoms with Gasteiger partial charge in [0.05, 0.1) is 16.9 Å². The maximum Gasteiger partial charge on any atom is 0.267 e. The maximum atomic E-state index is 14.0. The van der Waals surface area contributed by atoms with Crippen molar-refractivity contribution in [3.05, 3.63) is 74.2 Å². The number of nitrogens with zero attached hydrogens (tertiary/aromatic N) is 1. The molecule has 0 fully saturated rings. The van der Waals surface area contributed by atoms with Gasteiger partial charge in [0.1, 0.15) is 33.9 Å². The normalized spacial score (nSPS) is 10.6. The van der Waals surface area contributed by atoms with Crippen molar-refractivity contribution in [2.45, 2.75) is 13.5 Å². The average molecular weight is 438 g/mol. The number of carbonyl (C=O) groups excluding carboxylic acids is 2. The zero-order valence-corrected chi connectivity index (χ0v) is 16.5. The number of halogens is 3. The van der Waals surface area contributed by atoms with Crippen molar-refractivity contribution in [2.24, 2.45) is 5.73 Å². The third-order valence-corrected chi connectivity index (χ3v) is 5.18. The van der Waals surface area contributed by atoms with Gasteiger partial charge in [0.15, 0.2) is 0 Å². The average Bonchev–Trinajstić information content (AvgIpc) is 3.04. The lowest BCUT2D eigenvalue weighted by atomic mass is 10.1. The monoisotopic (exact) mass is 437 g/mol. The van der Waals surface area contributed by atoms with Gasteiger partial charge in [-0.3, -0.25) is 9.59 Å². The van der Waals surface area contributed by atoms with Gasteiger partial charge in [0, 0.05) is 11.1 Å². The van der Waals surface area contributed by atoms with Crippen LogP contribution >= 0.6 is 22.9 Å². The summed E-state index contributed by atoms with van der Waals surface area (Å²) in [4.78, 5) is 28.2. The summed E-state index contributed by atoms with van der Waals surface area (Å²) in [6.45, 7) is 1.74. The highest BCUT2D eigenvalue weighted by Gasteiger charge is 2.19. The van der Waals surface area contributed by atoms with E-state index in [1.165, 1.54) is 0 Å². The Hall–Kier alpha value is -3.04. The van der Waals surface area contributed by atoms with Crippen LogP contribution in [0.1, 0.15) is 30.7 Å². The van der Waals surface area contributed by atoms with Crippen LogP contribution in [0.25, 0.3) is 0 Å². The number of aromatic nitrogens is 1. The van der Waals surface area contributed by atoms with E-state index in [1.54, 1.807) is 31.2 Å². The molecule has 0 bridgehead atoms. The molecule has 0 atom stereocenters. The van der Waals surface area contributed by atoms with Crippen LogP contribution in [0.4, 0.5) is 14.5 Å². The molecule has 1 aromatic heterocycles. The summed E-state index contributed by atoms with van der Waals surface area (Å²) in [6.07, 6.45) is 0. The summed E-state index contributed by atoms with van der Waals surface area (Å²) < 4.78 is 33.1. The minimum Gasteiger partial charge on any atom is -0.486 e. The van der Waals surface area contributed by atoms with Gasteiger partial charge in [-0.05, 0) is 37.3 Å². The Labute approximate surface area is 173 Å². The molecule has 3 aromatic rings. The summed E-state index contributed by atoms with van der Waals surface area (Å²) >= 11 is 6.88. The number of hydrogen-bond acceptors (Lipinski definition) is 5. The molecular weight excluding hydrogens is 424 g/mol. The summed E-state index contributed by atoms with van der Waals surface area (Å²) in [5.41, 5.74) is 4.57. The lowest BCUT2D eigenvalue weighted by Crippen LogP contribution is -2.17. The number of hydrogen-bond donors (Lipinski definition) is 2. The molecule has 0 unspecified atom stereocenters. The van der Waals surface area contributed by atoms with Gasteiger partial charge in [0.25, 0.3) is 11.8 Å². The standard InChI is InChI=1S/C19H14ClF2N3O3S/c1-9-17(29-16(24-9)8-28-11-4-2-10(20)3-5-11)19(27)25-15-6-12(18(23)26)13(21)7-14(15)22/h2-7H,8H2,1H3,(H2,23,26)(H,25,27). The van der Waals surface area contributed by atoms with E-state index in [-0.39, 0.29) is 17.2 Å². The van der Waals surface area contributed by atoms with Crippen LogP contribution in [0.2, 0.25) is 5.02 Å². The van der Waals surface area contributed by atoms with E-state index < -0.39 is 29.0 Å². The topological polar surface area (TPSA) is 94.3 Å². The van der Waals surface area contributed by atoms with E-state index >= 15 is 0 Å². The van der Waals surface area contributed by atoms with Crippen LogP contribution in [0.15, 0.2) is 36.4 Å². The van der Waals surface area contributed by atoms with E-state index in [1.807, 2.05) is 0 Å². The van der Waals surface area contributed by atoms with Gasteiger partial charge in [-0.2, -0.15) is 0 Å². The van der Waals surface area contributed by atoms with Gasteiger partial charge in [-0.15, -0.1) is 11.3 Å². The molecule has 0 aliphatic heterocycles. The summed E-state index contributed by atoms with van der Waals surface area (Å²) in [7, 11) is 0. The largest absolute Gasteiger partial charge is 0.486 e. The van der Waals surface area contributed by atoms with Gasteiger partial charge >= 0.3 is 0 Å². The molecular formula is C19H14ClF2N3O3S. The third kappa shape index (κ3) is 4.87. The van der Waals surface area contributed by atoms with Crippen molar-refractivity contribution in [2.75, 3.05) is 5.32 Å². The van der Waals surface area contributed by atoms with Crippen LogP contribution in [-0.4, -0.2) is 16.8 Å². The summed E-state index contributed by atoms with van der Waals surface area (Å²) in [5, 5.41) is 3.42. The minimum absolute atomic E-state index is 0.122. The molecule has 0 aliphatic carbocycles. The SMILES string of the molecule is Cc1nc(COc2ccc(Cl)cc2)sc1C(=O)Nc1cc(C(N)=O)c(F)cc1F. The first kappa shape index (κ1) is 20.7. The molecule has 0 aliphatic rings. The Bertz CT molecular complexity index is 1090. The molecule has 0 saturated heterocycles. The highest BCUT2D eigenvalue weighted by atomic mass is 35.5. The van der Waals surface area contributed by atoms with Crippen molar-refractivity contribution in [3.63, 3.8) is 0 Å². The molecule has 2 amide bonds. The first-order valence-electron chi connectivity index (χ1n) is 8.19. The Kier molecular flexibility index (Phi) is 6.09. The van der Waals surface area contributed by atoms with Gasteiger partial charge in [0.2, 0.25) is 0 Å². The Balaban J connectivity index is 1.74. The van der Waals surface area contributed by atoms with Crippen molar-refractivity contribution < 1.29 is 23.1 Å². The molecule has 10 heteroatoms. The van der Waals surface area contributed by atoms with Crippen molar-refractivity contribution in [3.8, 4) is 5.75 Å². The Morgan fingerprint density at radius 1 is 1.21 bits per heavy atom. The number of primary amides is 1. The van der Waals surface area contributed by atoms with Crippen molar-refractivity contribution >= 4 is 40.4 Å². The predicted molar refractivity (Wildman–Crippen MR) is 105 cm³/mol. The number of thiazole rings is 1. The van der Waals surface area contributed by atoms with Gasteiger partial charge in [-0.25, -0.2) is 13.8 Å². The van der Waals surface area contributed by atoms with E-state index in [4.69, 9.17) is 22.1 Å². The van der Waals surface area contributed by atoms with Crippen LogP contribution in [0.3, 0.4) is 0 Å². The number of amides is 2. The van der Waals surface area contributed by atoms with E-state index in [2.05, 4.69) is 10.3 Å². The van der Waals surface area contributed by atoms with E-state index in [9.17, 15) is 18.4 Å². The molecule has 3 rings (SSSR count). The molecule has 0 spiro atoms. The Morgan fingerprint density at radius 3 is 2.55 bits per heavy atom. The molecule has 3 N–H and O–H groups in total. The Morgan fingerprint density at radius 2 is 1.90 bits per heavy atom. The van der Waals surface area contributed by atoms with E-state index in [0.717, 1.165) is 17.4 Å². The highest BCUT2D eigenvalue weighted by molar-refractivity contribution is 7.13. The van der Waals surface area contributed by atoms with Crippen LogP contribution in [0, 0.1) is 18.6 Å². The second-order valence-electron chi connectivity index (χ2n) is 5.90. The molecule has 1 heterocycles. The fourth-order valence-corrected chi connectivity index (χ4v) is 3.41. The molecule has 2 aromatic carbocycles. The molecule has 29 heavy (non-hydrogen) atoms. The second-order valence-corrected chi connectivity index (χ2v) is 7.42. The quantitative estimate of drug-likeness (QED) is 0.600. The second kappa shape index (κ2) is 8.54. The number of nitrogens with one attached hydrogen (secondary N) is 1. The third-order valence-electron chi connectivity index (χ3n) is 3.79. The van der Waals surface area contributed by atoms with E-state index in [0.29, 0.717) is 27.5 Å². The molecule has 0 radical (unpaired) electrons. The van der Waals surface area contributed by atoms with Gasteiger partial charge < -0.3 is 15.8 Å². The lowest BCUT2D eigenvalue weighted by Gasteiger charge is -2.08. The smallest absolute Gasteiger partial charge is 0.267 e. The van der Waals surface area contributed by atoms with Crippen molar-refractivity contribution in [1.29, 1.82) is 0 Å². The zero-order chi connectivity index (χ0) is 21.1. The zero-order valence-electron chi connectivity index (χ0n) is 15.0. The summed E-state index contributed by atoms with van der Waals surface area (Å²) in [5.74, 6) is -3.29. The highest BCUT2D eigenvalue weighted by Crippen LogP contribution is 2.24. The number of benzene rings is 2. The van der Waals surface area contributed by atoms with Crippen LogP contribution < -0.4 is 15.8 Å². The predicted octanol–water partition coefficient (Wildman–Crippen LogP) is 4.31. The first-order chi connectivity index (χ1) is 13.7. The minimum atomic E-state index is -1.11. The van der Waals surface area contributed by atoms with Crippen LogP contribution in [-0.2, 0) is 6.61 Å². The number of carbonyl (C=O) groups is 2. The fraction of sp³-hybridized carbons (Fsp3) is 0.105. The summed E-state index contributed by atoms with van der Waals surface area (Å²) in [6, 6.07) is 8.10. The van der Waals surface area contributed by atoms with Crippen LogP contribution in [0.5, 0.6) is 5.75 Å². The number of rotatable bonds is 6. The number of aryl methyl sites for hydroxylation is 1. The van der Waals surface area contributed by atoms with Gasteiger partial charge in [-0.1, -0.05) is 11.6 Å². The lowest BCUT2D eigenvalue weighted by molar-refractivity contribution is 0.0992.